The molecule has 0 bridgehead atoms. The Bertz CT molecular complexity index is 412. The summed E-state index contributed by atoms with van der Waals surface area (Å²) in [4.78, 5) is 2.32. The minimum absolute atomic E-state index is 0.0101. The summed E-state index contributed by atoms with van der Waals surface area (Å²) in [6.07, 6.45) is 4.90. The predicted molar refractivity (Wildman–Crippen MR) is 77.6 cm³/mol. The van der Waals surface area contributed by atoms with Gasteiger partial charge < -0.3 is 10.2 Å². The van der Waals surface area contributed by atoms with Crippen LogP contribution in [0.25, 0.3) is 0 Å². The minimum Gasteiger partial charge on any atom is -0.313 e. The standard InChI is InChI=1S/C16H24F2N2/c1-19-16(13-8-14(17)10-15(18)9-13)6-7-20(2)11-12-4-3-5-12/h8-10,12,16,19H,3-7,11H2,1-2H3. The van der Waals surface area contributed by atoms with Gasteiger partial charge in [0.05, 0.1) is 0 Å². The van der Waals surface area contributed by atoms with E-state index in [0.29, 0.717) is 5.56 Å². The van der Waals surface area contributed by atoms with Crippen molar-refractivity contribution < 1.29 is 8.78 Å². The molecule has 1 aliphatic carbocycles. The number of nitrogens with zero attached hydrogens (tertiary/aromatic N) is 1. The van der Waals surface area contributed by atoms with Crippen LogP contribution in [0, 0.1) is 17.6 Å². The first-order valence-corrected chi connectivity index (χ1v) is 7.40. The van der Waals surface area contributed by atoms with Crippen molar-refractivity contribution in [3.63, 3.8) is 0 Å². The first kappa shape index (κ1) is 15.4. The summed E-state index contributed by atoms with van der Waals surface area (Å²) >= 11 is 0. The Labute approximate surface area is 120 Å². The third kappa shape index (κ3) is 4.25. The van der Waals surface area contributed by atoms with Gasteiger partial charge in [0.2, 0.25) is 0 Å². The van der Waals surface area contributed by atoms with E-state index >= 15 is 0 Å². The summed E-state index contributed by atoms with van der Waals surface area (Å²) in [5, 5.41) is 3.15. The molecule has 1 unspecified atom stereocenters. The summed E-state index contributed by atoms with van der Waals surface area (Å²) in [5.41, 5.74) is 0.682. The van der Waals surface area contributed by atoms with Gasteiger partial charge in [-0.3, -0.25) is 0 Å². The third-order valence-corrected chi connectivity index (χ3v) is 4.23. The molecule has 1 aliphatic rings. The van der Waals surface area contributed by atoms with Gasteiger partial charge in [0.1, 0.15) is 11.6 Å². The molecule has 0 radical (unpaired) electrons. The molecule has 1 fully saturated rings. The van der Waals surface area contributed by atoms with Crippen molar-refractivity contribution in [2.45, 2.75) is 31.7 Å². The van der Waals surface area contributed by atoms with E-state index in [0.717, 1.165) is 31.5 Å². The second-order valence-electron chi connectivity index (χ2n) is 5.89. The second kappa shape index (κ2) is 7.14. The fourth-order valence-electron chi connectivity index (χ4n) is 2.81. The number of nitrogens with one attached hydrogen (secondary N) is 1. The Balaban J connectivity index is 1.87. The normalized spacial score (nSPS) is 17.2. The quantitative estimate of drug-likeness (QED) is 0.825. The lowest BCUT2D eigenvalue weighted by Gasteiger charge is -2.31. The topological polar surface area (TPSA) is 15.3 Å². The monoisotopic (exact) mass is 282 g/mol. The largest absolute Gasteiger partial charge is 0.313 e. The molecule has 1 aromatic carbocycles. The lowest BCUT2D eigenvalue weighted by molar-refractivity contribution is 0.199. The van der Waals surface area contributed by atoms with Crippen LogP contribution in [0.3, 0.4) is 0 Å². The molecule has 0 saturated heterocycles. The van der Waals surface area contributed by atoms with E-state index < -0.39 is 11.6 Å². The molecule has 2 rings (SSSR count). The van der Waals surface area contributed by atoms with E-state index in [1.54, 1.807) is 0 Å². The van der Waals surface area contributed by atoms with Crippen molar-refractivity contribution in [1.82, 2.24) is 10.2 Å². The fourth-order valence-corrected chi connectivity index (χ4v) is 2.81. The Morgan fingerprint density at radius 3 is 2.40 bits per heavy atom. The van der Waals surface area contributed by atoms with Gasteiger partial charge in [-0.15, -0.1) is 0 Å². The number of hydrogen-bond acceptors (Lipinski definition) is 2. The van der Waals surface area contributed by atoms with Crippen LogP contribution in [0.15, 0.2) is 18.2 Å². The molecule has 0 amide bonds. The molecule has 1 N–H and O–H groups in total. The lowest BCUT2D eigenvalue weighted by atomic mass is 9.85. The van der Waals surface area contributed by atoms with Crippen LogP contribution in [0.2, 0.25) is 0 Å². The van der Waals surface area contributed by atoms with Crippen molar-refractivity contribution >= 4 is 0 Å². The molecule has 0 aromatic heterocycles. The van der Waals surface area contributed by atoms with Crippen LogP contribution < -0.4 is 5.32 Å². The van der Waals surface area contributed by atoms with E-state index in [1.807, 2.05) is 7.05 Å². The van der Waals surface area contributed by atoms with Crippen molar-refractivity contribution in [1.29, 1.82) is 0 Å². The Morgan fingerprint density at radius 2 is 1.90 bits per heavy atom. The van der Waals surface area contributed by atoms with Crippen LogP contribution >= 0.6 is 0 Å². The van der Waals surface area contributed by atoms with Crippen molar-refractivity contribution in [2.75, 3.05) is 27.2 Å². The summed E-state index contributed by atoms with van der Waals surface area (Å²) < 4.78 is 26.5. The first-order chi connectivity index (χ1) is 9.58. The van der Waals surface area contributed by atoms with E-state index in [2.05, 4.69) is 17.3 Å². The zero-order valence-corrected chi connectivity index (χ0v) is 12.3. The van der Waals surface area contributed by atoms with E-state index in [-0.39, 0.29) is 6.04 Å². The van der Waals surface area contributed by atoms with Gasteiger partial charge in [-0.1, -0.05) is 6.42 Å². The molecule has 0 aliphatic heterocycles. The smallest absolute Gasteiger partial charge is 0.126 e. The zero-order valence-electron chi connectivity index (χ0n) is 12.3. The number of benzene rings is 1. The first-order valence-electron chi connectivity index (χ1n) is 7.40. The van der Waals surface area contributed by atoms with Crippen LogP contribution in [0.1, 0.15) is 37.3 Å². The molecular weight excluding hydrogens is 258 g/mol. The summed E-state index contributed by atoms with van der Waals surface area (Å²) in [6, 6.07) is 3.73. The number of halogens is 2. The van der Waals surface area contributed by atoms with E-state index in [1.165, 1.54) is 31.4 Å². The van der Waals surface area contributed by atoms with Gasteiger partial charge in [-0.2, -0.15) is 0 Å². The highest BCUT2D eigenvalue weighted by atomic mass is 19.1. The minimum atomic E-state index is -0.511. The van der Waals surface area contributed by atoms with E-state index in [9.17, 15) is 8.78 Å². The Morgan fingerprint density at radius 1 is 1.25 bits per heavy atom. The molecule has 20 heavy (non-hydrogen) atoms. The maximum atomic E-state index is 13.3. The van der Waals surface area contributed by atoms with Crippen LogP contribution in [-0.4, -0.2) is 32.1 Å². The average molecular weight is 282 g/mol. The van der Waals surface area contributed by atoms with Crippen molar-refractivity contribution in [3.8, 4) is 0 Å². The molecule has 1 atom stereocenters. The van der Waals surface area contributed by atoms with Gasteiger partial charge in [0, 0.05) is 18.7 Å². The molecule has 1 aromatic rings. The van der Waals surface area contributed by atoms with E-state index in [4.69, 9.17) is 0 Å². The van der Waals surface area contributed by atoms with Crippen molar-refractivity contribution in [2.24, 2.45) is 5.92 Å². The average Bonchev–Trinajstić information content (AvgIpc) is 2.33. The Hall–Kier alpha value is -1.00. The fraction of sp³-hybridized carbons (Fsp3) is 0.625. The highest BCUT2D eigenvalue weighted by Crippen LogP contribution is 2.27. The van der Waals surface area contributed by atoms with Gasteiger partial charge >= 0.3 is 0 Å². The number of hydrogen-bond donors (Lipinski definition) is 1. The van der Waals surface area contributed by atoms with Crippen LogP contribution in [-0.2, 0) is 0 Å². The second-order valence-corrected chi connectivity index (χ2v) is 5.89. The highest BCUT2D eigenvalue weighted by molar-refractivity contribution is 5.21. The highest BCUT2D eigenvalue weighted by Gasteiger charge is 2.19. The Kier molecular flexibility index (Phi) is 5.49. The van der Waals surface area contributed by atoms with Crippen molar-refractivity contribution in [3.05, 3.63) is 35.4 Å². The summed E-state index contributed by atoms with van der Waals surface area (Å²) in [7, 11) is 3.95. The molecule has 2 nitrogen and oxygen atoms in total. The lowest BCUT2D eigenvalue weighted by Crippen LogP contribution is -2.32. The molecule has 1 saturated carbocycles. The van der Waals surface area contributed by atoms with Gasteiger partial charge in [-0.25, -0.2) is 8.78 Å². The summed E-state index contributed by atoms with van der Waals surface area (Å²) in [5.74, 6) is -0.175. The van der Waals surface area contributed by atoms with Gasteiger partial charge in [0.15, 0.2) is 0 Å². The molecule has 0 spiro atoms. The third-order valence-electron chi connectivity index (χ3n) is 4.23. The summed E-state index contributed by atoms with van der Waals surface area (Å²) in [6.45, 7) is 2.06. The van der Waals surface area contributed by atoms with Gasteiger partial charge in [0.25, 0.3) is 0 Å². The molecular formula is C16H24F2N2. The zero-order chi connectivity index (χ0) is 14.5. The molecule has 0 heterocycles. The van der Waals surface area contributed by atoms with Gasteiger partial charge in [-0.05, 0) is 63.5 Å². The maximum absolute atomic E-state index is 13.3. The van der Waals surface area contributed by atoms with Crippen LogP contribution in [0.4, 0.5) is 8.78 Å². The number of rotatable bonds is 7. The predicted octanol–water partition coefficient (Wildman–Crippen LogP) is 3.35. The molecule has 112 valence electrons. The SMILES string of the molecule is CNC(CCN(C)CC1CCC1)c1cc(F)cc(F)c1. The molecule has 4 heteroatoms. The maximum Gasteiger partial charge on any atom is 0.126 e. The van der Waals surface area contributed by atoms with Crippen LogP contribution in [0.5, 0.6) is 0 Å².